The van der Waals surface area contributed by atoms with Gasteiger partial charge in [0.2, 0.25) is 9.05 Å². The summed E-state index contributed by atoms with van der Waals surface area (Å²) in [5.41, 5.74) is 1.50. The second kappa shape index (κ2) is 4.80. The van der Waals surface area contributed by atoms with Crippen molar-refractivity contribution in [2.75, 3.05) is 0 Å². The Hall–Kier alpha value is -0.850. The highest BCUT2D eigenvalue weighted by Gasteiger charge is 2.07. The molecule has 0 aliphatic carbocycles. The maximum atomic E-state index is 10.9. The summed E-state index contributed by atoms with van der Waals surface area (Å²) >= 11 is 3.30. The molecule has 0 bridgehead atoms. The Morgan fingerprint density at radius 3 is 2.41 bits per heavy atom. The molecule has 0 fully saturated rings. The van der Waals surface area contributed by atoms with E-state index in [0.29, 0.717) is 5.56 Å². The Balaban J connectivity index is 2.24. The first-order valence-electron chi connectivity index (χ1n) is 4.66. The quantitative estimate of drug-likeness (QED) is 0.810. The van der Waals surface area contributed by atoms with Gasteiger partial charge in [-0.05, 0) is 33.6 Å². The molecule has 0 saturated heterocycles. The maximum absolute atomic E-state index is 10.9. The zero-order chi connectivity index (χ0) is 12.5. The van der Waals surface area contributed by atoms with Crippen LogP contribution >= 0.6 is 26.6 Å². The van der Waals surface area contributed by atoms with Gasteiger partial charge in [-0.25, -0.2) is 13.1 Å². The second-order valence-corrected chi connectivity index (χ2v) is 7.15. The SMILES string of the molecule is O=S(=O)(Cl)Cc1ccc(-n2cc(Br)cn2)cc1. The maximum Gasteiger partial charge on any atom is 0.236 e. The molecular weight excluding hydrogens is 328 g/mol. The zero-order valence-electron chi connectivity index (χ0n) is 8.55. The number of halogens is 2. The minimum absolute atomic E-state index is 0.169. The van der Waals surface area contributed by atoms with E-state index in [4.69, 9.17) is 10.7 Å². The highest BCUT2D eigenvalue weighted by atomic mass is 79.9. The molecule has 0 aliphatic rings. The molecule has 0 atom stereocenters. The van der Waals surface area contributed by atoms with Crippen LogP contribution in [0, 0.1) is 0 Å². The summed E-state index contributed by atoms with van der Waals surface area (Å²) in [4.78, 5) is 0. The number of aromatic nitrogens is 2. The minimum atomic E-state index is -3.51. The first-order chi connectivity index (χ1) is 7.94. The fourth-order valence-electron chi connectivity index (χ4n) is 1.39. The highest BCUT2D eigenvalue weighted by molar-refractivity contribution is 9.10. The van der Waals surface area contributed by atoms with Crippen molar-refractivity contribution in [1.29, 1.82) is 0 Å². The van der Waals surface area contributed by atoms with Gasteiger partial charge in [-0.1, -0.05) is 12.1 Å². The molecule has 0 unspecified atom stereocenters. The monoisotopic (exact) mass is 334 g/mol. The molecule has 0 aliphatic heterocycles. The first kappa shape index (κ1) is 12.6. The normalized spacial score (nSPS) is 11.6. The smallest absolute Gasteiger partial charge is 0.236 e. The van der Waals surface area contributed by atoms with Gasteiger partial charge < -0.3 is 0 Å². The van der Waals surface area contributed by atoms with Crippen LogP contribution in [0.25, 0.3) is 5.69 Å². The molecule has 0 spiro atoms. The van der Waals surface area contributed by atoms with Crippen LogP contribution in [0.5, 0.6) is 0 Å². The average Bonchev–Trinajstić information content (AvgIpc) is 2.63. The number of nitrogens with zero attached hydrogens (tertiary/aromatic N) is 2. The predicted octanol–water partition coefficient (Wildman–Crippen LogP) is 2.70. The van der Waals surface area contributed by atoms with E-state index in [2.05, 4.69) is 21.0 Å². The van der Waals surface area contributed by atoms with Crippen LogP contribution in [0.1, 0.15) is 5.56 Å². The average molecular weight is 336 g/mol. The minimum Gasteiger partial charge on any atom is -0.240 e. The molecule has 0 N–H and O–H groups in total. The molecule has 0 saturated carbocycles. The summed E-state index contributed by atoms with van der Waals surface area (Å²) in [6.07, 6.45) is 3.49. The van der Waals surface area contributed by atoms with Crippen LogP contribution in [-0.4, -0.2) is 18.2 Å². The number of hydrogen-bond donors (Lipinski definition) is 0. The van der Waals surface area contributed by atoms with Gasteiger partial charge in [0.25, 0.3) is 0 Å². The summed E-state index contributed by atoms with van der Waals surface area (Å²) in [6.45, 7) is 0. The Morgan fingerprint density at radius 2 is 1.94 bits per heavy atom. The predicted molar refractivity (Wildman–Crippen MR) is 69.7 cm³/mol. The summed E-state index contributed by atoms with van der Waals surface area (Å²) in [7, 11) is 1.67. The van der Waals surface area contributed by atoms with Gasteiger partial charge in [0.05, 0.1) is 22.1 Å². The van der Waals surface area contributed by atoms with Crippen LogP contribution < -0.4 is 0 Å². The third kappa shape index (κ3) is 3.55. The van der Waals surface area contributed by atoms with Crippen molar-refractivity contribution in [3.8, 4) is 5.69 Å². The van der Waals surface area contributed by atoms with Crippen molar-refractivity contribution in [2.24, 2.45) is 0 Å². The summed E-state index contributed by atoms with van der Waals surface area (Å²) < 4.78 is 24.4. The van der Waals surface area contributed by atoms with Crippen molar-refractivity contribution < 1.29 is 8.42 Å². The van der Waals surface area contributed by atoms with Gasteiger partial charge in [0.1, 0.15) is 0 Å². The lowest BCUT2D eigenvalue weighted by Gasteiger charge is -2.02. The topological polar surface area (TPSA) is 52.0 Å². The van der Waals surface area contributed by atoms with Gasteiger partial charge in [-0.15, -0.1) is 0 Å². The second-order valence-electron chi connectivity index (χ2n) is 3.45. The molecule has 0 radical (unpaired) electrons. The fraction of sp³-hybridized carbons (Fsp3) is 0.100. The van der Waals surface area contributed by atoms with E-state index < -0.39 is 9.05 Å². The number of hydrogen-bond acceptors (Lipinski definition) is 3. The lowest BCUT2D eigenvalue weighted by atomic mass is 10.2. The first-order valence-corrected chi connectivity index (χ1v) is 7.93. The Bertz CT molecular complexity index is 622. The molecule has 2 rings (SSSR count). The van der Waals surface area contributed by atoms with Crippen LogP contribution in [-0.2, 0) is 14.8 Å². The van der Waals surface area contributed by atoms with Crippen LogP contribution in [0.3, 0.4) is 0 Å². The van der Waals surface area contributed by atoms with Crippen LogP contribution in [0.4, 0.5) is 0 Å². The third-order valence-electron chi connectivity index (χ3n) is 2.09. The third-order valence-corrected chi connectivity index (χ3v) is 3.51. The number of benzene rings is 1. The molecule has 2 aromatic rings. The Labute approximate surface area is 112 Å². The van der Waals surface area contributed by atoms with E-state index in [0.717, 1.165) is 10.2 Å². The molecule has 0 amide bonds. The fourth-order valence-corrected chi connectivity index (χ4v) is 2.64. The zero-order valence-corrected chi connectivity index (χ0v) is 11.7. The van der Waals surface area contributed by atoms with Gasteiger partial charge in [-0.3, -0.25) is 0 Å². The molecule has 7 heteroatoms. The van der Waals surface area contributed by atoms with Crippen molar-refractivity contribution in [3.63, 3.8) is 0 Å². The Kier molecular flexibility index (Phi) is 3.56. The molecule has 17 heavy (non-hydrogen) atoms. The van der Waals surface area contributed by atoms with Gasteiger partial charge in [-0.2, -0.15) is 5.10 Å². The highest BCUT2D eigenvalue weighted by Crippen LogP contribution is 2.15. The van der Waals surface area contributed by atoms with E-state index in [9.17, 15) is 8.42 Å². The molecule has 1 heterocycles. The largest absolute Gasteiger partial charge is 0.240 e. The van der Waals surface area contributed by atoms with Crippen LogP contribution in [0.2, 0.25) is 0 Å². The van der Waals surface area contributed by atoms with E-state index in [1.807, 2.05) is 6.20 Å². The number of rotatable bonds is 3. The van der Waals surface area contributed by atoms with Gasteiger partial charge in [0.15, 0.2) is 0 Å². The van der Waals surface area contributed by atoms with Crippen molar-refractivity contribution in [1.82, 2.24) is 9.78 Å². The van der Waals surface area contributed by atoms with E-state index in [1.54, 1.807) is 35.1 Å². The summed E-state index contributed by atoms with van der Waals surface area (Å²) in [5.74, 6) is -0.169. The van der Waals surface area contributed by atoms with Crippen molar-refractivity contribution >= 4 is 35.7 Å². The van der Waals surface area contributed by atoms with Gasteiger partial charge in [0, 0.05) is 16.9 Å². The summed E-state index contributed by atoms with van der Waals surface area (Å²) in [6, 6.07) is 7.00. The molecule has 90 valence electrons. The standard InChI is InChI=1S/C10H8BrClN2O2S/c11-9-5-13-14(6-9)10-3-1-8(2-4-10)7-17(12,15)16/h1-6H,7H2. The molecule has 1 aromatic heterocycles. The van der Waals surface area contributed by atoms with E-state index in [1.165, 1.54) is 0 Å². The molecule has 4 nitrogen and oxygen atoms in total. The summed E-state index contributed by atoms with van der Waals surface area (Å²) in [5, 5.41) is 4.12. The van der Waals surface area contributed by atoms with E-state index >= 15 is 0 Å². The molecule has 1 aromatic carbocycles. The molecular formula is C10H8BrClN2O2S. The van der Waals surface area contributed by atoms with Crippen molar-refractivity contribution in [3.05, 3.63) is 46.7 Å². The lowest BCUT2D eigenvalue weighted by Crippen LogP contribution is -1.97. The van der Waals surface area contributed by atoms with E-state index in [-0.39, 0.29) is 5.75 Å². The van der Waals surface area contributed by atoms with Crippen LogP contribution in [0.15, 0.2) is 41.1 Å². The lowest BCUT2D eigenvalue weighted by molar-refractivity contribution is 0.609. The van der Waals surface area contributed by atoms with Crippen molar-refractivity contribution in [2.45, 2.75) is 5.75 Å². The van der Waals surface area contributed by atoms with Gasteiger partial charge >= 0.3 is 0 Å². The Morgan fingerprint density at radius 1 is 1.29 bits per heavy atom.